The van der Waals surface area contributed by atoms with Crippen LogP contribution in [0.2, 0.25) is 0 Å². The Balaban J connectivity index is 1.70. The van der Waals surface area contributed by atoms with Crippen LogP contribution in [0.25, 0.3) is 0 Å². The van der Waals surface area contributed by atoms with E-state index in [1.165, 1.54) is 18.4 Å². The largest absolute Gasteiger partial charge is 0.381 e. The second-order valence-electron chi connectivity index (χ2n) is 6.95. The molecule has 0 bridgehead atoms. The summed E-state index contributed by atoms with van der Waals surface area (Å²) in [5, 5.41) is 3.16. The van der Waals surface area contributed by atoms with E-state index in [4.69, 9.17) is 10.5 Å². The maximum Gasteiger partial charge on any atom is 0.240 e. The molecule has 0 spiro atoms. The van der Waals surface area contributed by atoms with Crippen molar-refractivity contribution in [2.75, 3.05) is 19.8 Å². The minimum absolute atomic E-state index is 0.0239. The van der Waals surface area contributed by atoms with Gasteiger partial charge in [-0.1, -0.05) is 40.9 Å². The lowest BCUT2D eigenvalue weighted by molar-refractivity contribution is -0.130. The average Bonchev–Trinajstić information content (AvgIpc) is 3.04. The van der Waals surface area contributed by atoms with Gasteiger partial charge in [0.05, 0.1) is 5.54 Å². The summed E-state index contributed by atoms with van der Waals surface area (Å²) in [5.41, 5.74) is 6.89. The van der Waals surface area contributed by atoms with Crippen molar-refractivity contribution in [2.24, 2.45) is 5.73 Å². The van der Waals surface area contributed by atoms with Crippen LogP contribution in [0.3, 0.4) is 0 Å². The van der Waals surface area contributed by atoms with Crippen molar-refractivity contribution in [2.45, 2.75) is 49.5 Å². The van der Waals surface area contributed by atoms with Gasteiger partial charge in [0.1, 0.15) is 0 Å². The minimum atomic E-state index is -0.766. The molecule has 3 rings (SSSR count). The Labute approximate surface area is 146 Å². The molecule has 4 nitrogen and oxygen atoms in total. The number of hydrogen-bond acceptors (Lipinski definition) is 3. The molecule has 0 radical (unpaired) electrons. The molecule has 0 unspecified atom stereocenters. The zero-order chi connectivity index (χ0) is 16.3. The minimum Gasteiger partial charge on any atom is -0.381 e. The van der Waals surface area contributed by atoms with Gasteiger partial charge in [0.25, 0.3) is 0 Å². The van der Waals surface area contributed by atoms with Crippen molar-refractivity contribution in [3.05, 3.63) is 34.3 Å². The third kappa shape index (κ3) is 3.62. The Bertz CT molecular complexity index is 547. The molecule has 1 aliphatic carbocycles. The van der Waals surface area contributed by atoms with Crippen molar-refractivity contribution in [3.8, 4) is 0 Å². The van der Waals surface area contributed by atoms with Crippen molar-refractivity contribution >= 4 is 21.8 Å². The number of carbonyl (C=O) groups excluding carboxylic acids is 1. The fraction of sp³-hybridized carbons (Fsp3) is 0.611. The third-order valence-electron chi connectivity index (χ3n) is 5.44. The topological polar surface area (TPSA) is 64.4 Å². The number of hydrogen-bond donors (Lipinski definition) is 2. The van der Waals surface area contributed by atoms with Gasteiger partial charge in [-0.15, -0.1) is 0 Å². The normalized spacial score (nSPS) is 22.7. The molecule has 126 valence electrons. The van der Waals surface area contributed by atoms with Gasteiger partial charge in [-0.05, 0) is 43.4 Å². The highest BCUT2D eigenvalue weighted by Gasteiger charge is 2.40. The van der Waals surface area contributed by atoms with E-state index in [-0.39, 0.29) is 11.3 Å². The van der Waals surface area contributed by atoms with E-state index in [0.29, 0.717) is 32.6 Å². The van der Waals surface area contributed by atoms with Crippen LogP contribution in [0.1, 0.15) is 44.1 Å². The first kappa shape index (κ1) is 16.9. The monoisotopic (exact) mass is 380 g/mol. The first-order valence-electron chi connectivity index (χ1n) is 8.45. The fourth-order valence-electron chi connectivity index (χ4n) is 3.81. The molecule has 5 heteroatoms. The van der Waals surface area contributed by atoms with E-state index >= 15 is 0 Å². The Morgan fingerprint density at radius 1 is 1.13 bits per heavy atom. The molecule has 23 heavy (non-hydrogen) atoms. The first-order chi connectivity index (χ1) is 11.0. The second-order valence-corrected chi connectivity index (χ2v) is 7.86. The summed E-state index contributed by atoms with van der Waals surface area (Å²) in [5.74, 6) is -0.0239. The summed E-state index contributed by atoms with van der Waals surface area (Å²) in [7, 11) is 0. The van der Waals surface area contributed by atoms with Crippen molar-refractivity contribution in [1.82, 2.24) is 5.32 Å². The van der Waals surface area contributed by atoms with Crippen molar-refractivity contribution < 1.29 is 9.53 Å². The predicted octanol–water partition coefficient (Wildman–Crippen LogP) is 2.89. The highest BCUT2D eigenvalue weighted by molar-refractivity contribution is 9.10. The Kier molecular flexibility index (Phi) is 5.09. The van der Waals surface area contributed by atoms with Crippen LogP contribution in [0.5, 0.6) is 0 Å². The molecule has 3 N–H and O–H groups in total. The summed E-state index contributed by atoms with van der Waals surface area (Å²) in [6, 6.07) is 8.52. The zero-order valence-corrected chi connectivity index (χ0v) is 15.0. The van der Waals surface area contributed by atoms with Crippen LogP contribution in [0.4, 0.5) is 0 Å². The maximum absolute atomic E-state index is 12.6. The van der Waals surface area contributed by atoms with Crippen LogP contribution in [-0.4, -0.2) is 31.2 Å². The van der Waals surface area contributed by atoms with Gasteiger partial charge in [0, 0.05) is 29.6 Å². The van der Waals surface area contributed by atoms with Crippen LogP contribution in [0, 0.1) is 0 Å². The molecule has 1 amide bonds. The van der Waals surface area contributed by atoms with Gasteiger partial charge < -0.3 is 15.8 Å². The van der Waals surface area contributed by atoms with Crippen LogP contribution in [-0.2, 0) is 14.9 Å². The Morgan fingerprint density at radius 3 is 2.35 bits per heavy atom. The van der Waals surface area contributed by atoms with Gasteiger partial charge in [-0.3, -0.25) is 4.79 Å². The molecule has 1 saturated carbocycles. The molecule has 2 aliphatic rings. The molecule has 0 aromatic heterocycles. The summed E-state index contributed by atoms with van der Waals surface area (Å²) in [6.45, 7) is 1.82. The first-order valence-corrected chi connectivity index (χ1v) is 9.24. The fourth-order valence-corrected chi connectivity index (χ4v) is 4.08. The molecule has 1 aliphatic heterocycles. The molecular weight excluding hydrogens is 356 g/mol. The van der Waals surface area contributed by atoms with Crippen molar-refractivity contribution in [3.63, 3.8) is 0 Å². The summed E-state index contributed by atoms with van der Waals surface area (Å²) >= 11 is 3.49. The number of ether oxygens (including phenoxy) is 1. The zero-order valence-electron chi connectivity index (χ0n) is 13.4. The molecular formula is C18H25BrN2O2. The van der Waals surface area contributed by atoms with E-state index in [0.717, 1.165) is 17.3 Å². The molecule has 2 fully saturated rings. The van der Waals surface area contributed by atoms with E-state index < -0.39 is 5.54 Å². The van der Waals surface area contributed by atoms with Gasteiger partial charge >= 0.3 is 0 Å². The van der Waals surface area contributed by atoms with Crippen LogP contribution in [0.15, 0.2) is 28.7 Å². The average molecular weight is 381 g/mol. The number of halogens is 1. The van der Waals surface area contributed by atoms with Gasteiger partial charge in [0.2, 0.25) is 5.91 Å². The second kappa shape index (κ2) is 6.91. The molecule has 1 aromatic carbocycles. The van der Waals surface area contributed by atoms with E-state index in [1.807, 2.05) is 0 Å². The maximum atomic E-state index is 12.6. The number of rotatable bonds is 4. The Morgan fingerprint density at radius 2 is 1.74 bits per heavy atom. The highest BCUT2D eigenvalue weighted by Crippen LogP contribution is 2.41. The standard InChI is InChI=1S/C18H25BrN2O2/c19-15-5-3-14(4-6-15)17(7-1-2-8-17)13-21-16(22)18(20)9-11-23-12-10-18/h3-6H,1-2,7-13,20H2,(H,21,22). The number of nitrogens with one attached hydrogen (secondary N) is 1. The summed E-state index contributed by atoms with van der Waals surface area (Å²) in [4.78, 5) is 12.6. The lowest BCUT2D eigenvalue weighted by Gasteiger charge is -2.35. The number of carbonyl (C=O) groups is 1. The lowest BCUT2D eigenvalue weighted by atomic mass is 9.78. The quantitative estimate of drug-likeness (QED) is 0.843. The van der Waals surface area contributed by atoms with E-state index in [2.05, 4.69) is 45.5 Å². The summed E-state index contributed by atoms with van der Waals surface area (Å²) in [6.07, 6.45) is 5.88. The van der Waals surface area contributed by atoms with Gasteiger partial charge in [0.15, 0.2) is 0 Å². The van der Waals surface area contributed by atoms with E-state index in [1.54, 1.807) is 0 Å². The molecule has 1 aromatic rings. The Hall–Kier alpha value is -0.910. The van der Waals surface area contributed by atoms with Gasteiger partial charge in [-0.25, -0.2) is 0 Å². The number of amides is 1. The van der Waals surface area contributed by atoms with Gasteiger partial charge in [-0.2, -0.15) is 0 Å². The smallest absolute Gasteiger partial charge is 0.240 e. The third-order valence-corrected chi connectivity index (χ3v) is 5.97. The molecule has 0 atom stereocenters. The number of nitrogens with two attached hydrogens (primary N) is 1. The van der Waals surface area contributed by atoms with E-state index in [9.17, 15) is 4.79 Å². The molecule has 1 saturated heterocycles. The van der Waals surface area contributed by atoms with Crippen molar-refractivity contribution in [1.29, 1.82) is 0 Å². The highest BCUT2D eigenvalue weighted by atomic mass is 79.9. The number of benzene rings is 1. The van der Waals surface area contributed by atoms with Crippen LogP contribution < -0.4 is 11.1 Å². The summed E-state index contributed by atoms with van der Waals surface area (Å²) < 4.78 is 6.41. The lowest BCUT2D eigenvalue weighted by Crippen LogP contribution is -2.58. The van der Waals surface area contributed by atoms with Crippen LogP contribution >= 0.6 is 15.9 Å². The predicted molar refractivity (Wildman–Crippen MR) is 94.3 cm³/mol. The SMILES string of the molecule is NC1(C(=O)NCC2(c3ccc(Br)cc3)CCCC2)CCOCC1. The molecule has 1 heterocycles.